The molecule has 2 rings (SSSR count). The van der Waals surface area contributed by atoms with Crippen molar-refractivity contribution in [1.29, 1.82) is 0 Å². The summed E-state index contributed by atoms with van der Waals surface area (Å²) >= 11 is 5.99. The predicted molar refractivity (Wildman–Crippen MR) is 77.8 cm³/mol. The van der Waals surface area contributed by atoms with Crippen LogP contribution in [0.25, 0.3) is 0 Å². The first kappa shape index (κ1) is 14.6. The average molecular weight is 293 g/mol. The lowest BCUT2D eigenvalue weighted by Gasteiger charge is -2.17. The zero-order valence-corrected chi connectivity index (χ0v) is 12.5. The van der Waals surface area contributed by atoms with Crippen LogP contribution < -0.4 is 0 Å². The fourth-order valence-electron chi connectivity index (χ4n) is 1.89. The van der Waals surface area contributed by atoms with Crippen molar-refractivity contribution in [2.75, 3.05) is 7.05 Å². The molecule has 0 fully saturated rings. The molecule has 0 aromatic carbocycles. The smallest absolute Gasteiger partial charge is 0.254 e. The number of hydrogen-bond acceptors (Lipinski definition) is 3. The second kappa shape index (κ2) is 6.09. The molecule has 106 valence electrons. The van der Waals surface area contributed by atoms with Crippen LogP contribution in [0.3, 0.4) is 0 Å². The minimum Gasteiger partial charge on any atom is -0.472 e. The number of halogens is 1. The first-order valence-corrected chi connectivity index (χ1v) is 6.79. The van der Waals surface area contributed by atoms with Crippen LogP contribution in [-0.2, 0) is 6.54 Å². The van der Waals surface area contributed by atoms with E-state index in [1.165, 1.54) is 0 Å². The van der Waals surface area contributed by atoms with E-state index in [9.17, 15) is 4.79 Å². The molecule has 0 aliphatic heterocycles. The van der Waals surface area contributed by atoms with Gasteiger partial charge in [0.15, 0.2) is 0 Å². The summed E-state index contributed by atoms with van der Waals surface area (Å²) in [6, 6.07) is 5.23. The average Bonchev–Trinajstić information content (AvgIpc) is 2.89. The number of pyridine rings is 1. The summed E-state index contributed by atoms with van der Waals surface area (Å²) in [5, 5.41) is 0.344. The van der Waals surface area contributed by atoms with Crippen LogP contribution in [0, 0.1) is 0 Å². The van der Waals surface area contributed by atoms with Gasteiger partial charge in [-0.15, -0.1) is 0 Å². The molecule has 0 saturated carbocycles. The van der Waals surface area contributed by atoms with Crippen molar-refractivity contribution in [1.82, 2.24) is 9.88 Å². The second-order valence-corrected chi connectivity index (χ2v) is 5.44. The molecule has 1 amide bonds. The van der Waals surface area contributed by atoms with Crippen LogP contribution in [0.1, 0.15) is 41.4 Å². The van der Waals surface area contributed by atoms with Gasteiger partial charge in [-0.25, -0.2) is 4.98 Å². The molecule has 4 nitrogen and oxygen atoms in total. The number of carbonyl (C=O) groups is 1. The van der Waals surface area contributed by atoms with Gasteiger partial charge in [-0.2, -0.15) is 0 Å². The van der Waals surface area contributed by atoms with Gasteiger partial charge in [0.2, 0.25) is 0 Å². The maximum Gasteiger partial charge on any atom is 0.254 e. The molecule has 0 aliphatic rings. The largest absolute Gasteiger partial charge is 0.472 e. The summed E-state index contributed by atoms with van der Waals surface area (Å²) in [4.78, 5) is 18.3. The summed E-state index contributed by atoms with van der Waals surface area (Å²) in [6.45, 7) is 4.52. The Hall–Kier alpha value is -1.81. The number of aromatic nitrogens is 1. The summed E-state index contributed by atoms with van der Waals surface area (Å²) in [7, 11) is 1.75. The van der Waals surface area contributed by atoms with E-state index in [1.54, 1.807) is 36.6 Å². The fourth-order valence-corrected chi connectivity index (χ4v) is 2.10. The van der Waals surface area contributed by atoms with Crippen molar-refractivity contribution in [3.63, 3.8) is 0 Å². The van der Waals surface area contributed by atoms with Crippen LogP contribution >= 0.6 is 11.6 Å². The normalized spacial score (nSPS) is 10.8. The third-order valence-electron chi connectivity index (χ3n) is 3.00. The molecule has 2 aromatic rings. The Morgan fingerprint density at radius 3 is 2.80 bits per heavy atom. The topological polar surface area (TPSA) is 46.3 Å². The Morgan fingerprint density at radius 2 is 2.20 bits per heavy atom. The van der Waals surface area contributed by atoms with Crippen molar-refractivity contribution in [2.24, 2.45) is 0 Å². The van der Waals surface area contributed by atoms with Crippen molar-refractivity contribution in [3.8, 4) is 0 Å². The first-order chi connectivity index (χ1) is 9.47. The van der Waals surface area contributed by atoms with E-state index in [0.29, 0.717) is 17.3 Å². The van der Waals surface area contributed by atoms with E-state index in [1.807, 2.05) is 19.9 Å². The Bertz CT molecular complexity index is 594. The van der Waals surface area contributed by atoms with Gasteiger partial charge in [-0.3, -0.25) is 4.79 Å². The molecule has 0 aliphatic carbocycles. The maximum atomic E-state index is 12.4. The van der Waals surface area contributed by atoms with Crippen LogP contribution in [0.4, 0.5) is 0 Å². The molecule has 0 radical (unpaired) electrons. The number of hydrogen-bond donors (Lipinski definition) is 0. The SMILES string of the molecule is CC(C)c1cc(C(=O)N(C)Cc2ccoc2)cc(Cl)n1. The third kappa shape index (κ3) is 3.39. The highest BCUT2D eigenvalue weighted by atomic mass is 35.5. The van der Waals surface area contributed by atoms with E-state index >= 15 is 0 Å². The highest BCUT2D eigenvalue weighted by molar-refractivity contribution is 6.29. The van der Waals surface area contributed by atoms with E-state index in [4.69, 9.17) is 16.0 Å². The quantitative estimate of drug-likeness (QED) is 0.807. The lowest BCUT2D eigenvalue weighted by Crippen LogP contribution is -2.26. The summed E-state index contributed by atoms with van der Waals surface area (Å²) in [5.74, 6) is 0.136. The van der Waals surface area contributed by atoms with Gasteiger partial charge in [0.05, 0.1) is 12.5 Å². The van der Waals surface area contributed by atoms with Gasteiger partial charge in [-0.1, -0.05) is 25.4 Å². The van der Waals surface area contributed by atoms with Gasteiger partial charge in [-0.05, 0) is 24.1 Å². The van der Waals surface area contributed by atoms with Gasteiger partial charge < -0.3 is 9.32 Å². The standard InChI is InChI=1S/C15H17ClN2O2/c1-10(2)13-6-12(7-14(16)17-13)15(19)18(3)8-11-4-5-20-9-11/h4-7,9-10H,8H2,1-3H3. The Balaban J connectivity index is 2.19. The third-order valence-corrected chi connectivity index (χ3v) is 3.19. The number of furan rings is 1. The lowest BCUT2D eigenvalue weighted by molar-refractivity contribution is 0.0784. The van der Waals surface area contributed by atoms with Gasteiger partial charge in [0.1, 0.15) is 5.15 Å². The highest BCUT2D eigenvalue weighted by Gasteiger charge is 2.15. The molecule has 0 N–H and O–H groups in total. The Labute approximate surface area is 123 Å². The minimum absolute atomic E-state index is 0.0857. The second-order valence-electron chi connectivity index (χ2n) is 5.05. The van der Waals surface area contributed by atoms with Gasteiger partial charge in [0, 0.05) is 30.4 Å². The van der Waals surface area contributed by atoms with Crippen LogP contribution in [-0.4, -0.2) is 22.8 Å². The number of amides is 1. The number of carbonyl (C=O) groups excluding carboxylic acids is 1. The van der Waals surface area contributed by atoms with Crippen LogP contribution in [0.5, 0.6) is 0 Å². The Kier molecular flexibility index (Phi) is 4.45. The van der Waals surface area contributed by atoms with Crippen molar-refractivity contribution in [2.45, 2.75) is 26.3 Å². The van der Waals surface area contributed by atoms with E-state index in [0.717, 1.165) is 11.3 Å². The molecule has 0 bridgehead atoms. The number of nitrogens with zero attached hydrogens (tertiary/aromatic N) is 2. The molecule has 2 heterocycles. The summed E-state index contributed by atoms with van der Waals surface area (Å²) in [5.41, 5.74) is 2.32. The zero-order valence-electron chi connectivity index (χ0n) is 11.8. The van der Waals surface area contributed by atoms with E-state index in [-0.39, 0.29) is 11.8 Å². The van der Waals surface area contributed by atoms with Gasteiger partial charge in [0.25, 0.3) is 5.91 Å². The summed E-state index contributed by atoms with van der Waals surface area (Å²) < 4.78 is 5.00. The maximum absolute atomic E-state index is 12.4. The Morgan fingerprint density at radius 1 is 1.45 bits per heavy atom. The van der Waals surface area contributed by atoms with Crippen LogP contribution in [0.2, 0.25) is 5.15 Å². The number of rotatable bonds is 4. The van der Waals surface area contributed by atoms with Gasteiger partial charge >= 0.3 is 0 Å². The predicted octanol–water partition coefficient (Wildman–Crippen LogP) is 3.72. The molecule has 0 saturated heterocycles. The first-order valence-electron chi connectivity index (χ1n) is 6.41. The lowest BCUT2D eigenvalue weighted by atomic mass is 10.1. The zero-order chi connectivity index (χ0) is 14.7. The molecule has 20 heavy (non-hydrogen) atoms. The van der Waals surface area contributed by atoms with Crippen molar-refractivity contribution < 1.29 is 9.21 Å². The highest BCUT2D eigenvalue weighted by Crippen LogP contribution is 2.19. The van der Waals surface area contributed by atoms with E-state index < -0.39 is 0 Å². The van der Waals surface area contributed by atoms with Crippen molar-refractivity contribution >= 4 is 17.5 Å². The molecule has 2 aromatic heterocycles. The molecule has 0 spiro atoms. The van der Waals surface area contributed by atoms with Crippen LogP contribution in [0.15, 0.2) is 35.1 Å². The fraction of sp³-hybridized carbons (Fsp3) is 0.333. The monoisotopic (exact) mass is 292 g/mol. The molecule has 0 unspecified atom stereocenters. The summed E-state index contributed by atoms with van der Waals surface area (Å²) in [6.07, 6.45) is 3.22. The molecular formula is C15H17ClN2O2. The molecule has 0 atom stereocenters. The minimum atomic E-state index is -0.0857. The van der Waals surface area contributed by atoms with E-state index in [2.05, 4.69) is 4.98 Å². The van der Waals surface area contributed by atoms with Crippen molar-refractivity contribution in [3.05, 3.63) is 52.7 Å². The molecular weight excluding hydrogens is 276 g/mol. The molecule has 5 heteroatoms.